The van der Waals surface area contributed by atoms with Crippen LogP contribution in [0.5, 0.6) is 11.5 Å². The molecule has 3 aromatic carbocycles. The van der Waals surface area contributed by atoms with Gasteiger partial charge in [0.1, 0.15) is 5.69 Å². The molecule has 0 saturated carbocycles. The lowest BCUT2D eigenvalue weighted by molar-refractivity contribution is -0.383. The normalized spacial score (nSPS) is 19.0. The molecule has 2 atom stereocenters. The Labute approximate surface area is 256 Å². The fourth-order valence-corrected chi connectivity index (χ4v) is 8.39. The second kappa shape index (κ2) is 12.1. The Morgan fingerprint density at radius 2 is 1.73 bits per heavy atom. The molecule has 2 aliphatic rings. The highest BCUT2D eigenvalue weighted by Gasteiger charge is 2.44. The highest BCUT2D eigenvalue weighted by Crippen LogP contribution is 2.54. The van der Waals surface area contributed by atoms with Gasteiger partial charge in [-0.25, -0.2) is 4.67 Å². The number of carbonyl (C=O) groups is 1. The molecule has 2 N–H and O–H groups in total. The summed E-state index contributed by atoms with van der Waals surface area (Å²) in [6, 6.07) is 14.8. The standard InChI is InChI=1S/C31H38N5O7P/c1-20-31(2,3)22-18-29(44(40,35-13-15-43-16-14-35)33-23-9-7-8-10-25(23)36(38)39)24(19-26(22)34(20)4)32-30(37)21-11-12-27(41-5)28(17-21)42-6/h7-12,17-20H,13-16H2,1-6H3,(H,32,37)(H,33,40). The van der Waals surface area contributed by atoms with Crippen LogP contribution in [-0.2, 0) is 14.7 Å². The van der Waals surface area contributed by atoms with Crippen molar-refractivity contribution >= 4 is 41.4 Å². The molecule has 12 nitrogen and oxygen atoms in total. The molecule has 0 radical (unpaired) electrons. The molecule has 0 spiro atoms. The number of nitro groups is 1. The minimum Gasteiger partial charge on any atom is -0.493 e. The number of hydrogen-bond donors (Lipinski definition) is 2. The molecule has 3 aromatic rings. The molecule has 1 saturated heterocycles. The number of methoxy groups -OCH3 is 2. The Bertz CT molecular complexity index is 1640. The second-order valence-corrected chi connectivity index (χ2v) is 13.9. The predicted octanol–water partition coefficient (Wildman–Crippen LogP) is 5.24. The maximum absolute atomic E-state index is 15.5. The minimum absolute atomic E-state index is 0.105. The molecule has 1 fully saturated rings. The zero-order valence-electron chi connectivity index (χ0n) is 25.7. The highest BCUT2D eigenvalue weighted by molar-refractivity contribution is 7.71. The van der Waals surface area contributed by atoms with Gasteiger partial charge in [0, 0.05) is 48.9 Å². The fraction of sp³-hybridized carbons (Fsp3) is 0.387. The summed E-state index contributed by atoms with van der Waals surface area (Å²) >= 11 is 0. The SMILES string of the molecule is COc1ccc(C(=O)Nc2cc3c(cc2P(=O)(Nc2ccccc2[N+](=O)[O-])N2CCOCC2)C(C)(C)C(C)N3C)cc1OC. The quantitative estimate of drug-likeness (QED) is 0.185. The predicted molar refractivity (Wildman–Crippen MR) is 171 cm³/mol. The van der Waals surface area contributed by atoms with Gasteiger partial charge in [-0.05, 0) is 48.9 Å². The number of nitrogens with zero attached hydrogens (tertiary/aromatic N) is 3. The van der Waals surface area contributed by atoms with Crippen molar-refractivity contribution in [1.29, 1.82) is 0 Å². The average molecular weight is 624 g/mol. The lowest BCUT2D eigenvalue weighted by atomic mass is 9.81. The molecule has 0 aromatic heterocycles. The van der Waals surface area contributed by atoms with E-state index in [1.807, 2.05) is 19.2 Å². The molecular formula is C31H38N5O7P. The van der Waals surface area contributed by atoms with Gasteiger partial charge in [-0.15, -0.1) is 0 Å². The topological polar surface area (TPSA) is 136 Å². The van der Waals surface area contributed by atoms with Crippen LogP contribution in [0, 0.1) is 10.1 Å². The average Bonchev–Trinajstić information content (AvgIpc) is 3.19. The number of ether oxygens (including phenoxy) is 3. The third-order valence-corrected chi connectivity index (χ3v) is 11.6. The van der Waals surface area contributed by atoms with Crippen molar-refractivity contribution in [2.24, 2.45) is 0 Å². The summed E-state index contributed by atoms with van der Waals surface area (Å²) in [6.45, 7) is 7.70. The van der Waals surface area contributed by atoms with E-state index < -0.39 is 18.3 Å². The molecule has 2 heterocycles. The number of anilines is 3. The fourth-order valence-electron chi connectivity index (χ4n) is 5.83. The number of nitrogens with one attached hydrogen (secondary N) is 2. The molecule has 44 heavy (non-hydrogen) atoms. The van der Waals surface area contributed by atoms with Crippen LogP contribution in [0.25, 0.3) is 0 Å². The monoisotopic (exact) mass is 623 g/mol. The first kappa shape index (κ1) is 31.3. The van der Waals surface area contributed by atoms with Gasteiger partial charge in [0.2, 0.25) is 0 Å². The summed E-state index contributed by atoms with van der Waals surface area (Å²) in [6.07, 6.45) is 0. The van der Waals surface area contributed by atoms with E-state index in [1.165, 1.54) is 20.3 Å². The number of morpholine rings is 1. The number of nitro benzene ring substituents is 1. The van der Waals surface area contributed by atoms with E-state index in [4.69, 9.17) is 14.2 Å². The first-order valence-corrected chi connectivity index (χ1v) is 16.0. The van der Waals surface area contributed by atoms with Gasteiger partial charge in [-0.1, -0.05) is 26.0 Å². The van der Waals surface area contributed by atoms with Crippen molar-refractivity contribution in [1.82, 2.24) is 4.67 Å². The third kappa shape index (κ3) is 5.49. The van der Waals surface area contributed by atoms with Crippen molar-refractivity contribution in [3.8, 4) is 11.5 Å². The number of rotatable bonds is 9. The van der Waals surface area contributed by atoms with Crippen molar-refractivity contribution in [3.63, 3.8) is 0 Å². The van der Waals surface area contributed by atoms with E-state index in [1.54, 1.807) is 41.1 Å². The lowest BCUT2D eigenvalue weighted by Gasteiger charge is -2.36. The Hall–Kier alpha value is -4.12. The van der Waals surface area contributed by atoms with Gasteiger partial charge in [-0.3, -0.25) is 19.5 Å². The Balaban J connectivity index is 1.70. The van der Waals surface area contributed by atoms with Crippen LogP contribution in [0.3, 0.4) is 0 Å². The summed E-state index contributed by atoms with van der Waals surface area (Å²) in [4.78, 5) is 27.4. The van der Waals surface area contributed by atoms with Crippen molar-refractivity contribution in [2.45, 2.75) is 32.2 Å². The first-order chi connectivity index (χ1) is 20.9. The summed E-state index contributed by atoms with van der Waals surface area (Å²) in [5, 5.41) is 18.4. The van der Waals surface area contributed by atoms with Crippen LogP contribution in [0.15, 0.2) is 54.6 Å². The molecule has 1 amide bonds. The third-order valence-electron chi connectivity index (χ3n) is 8.79. The van der Waals surface area contributed by atoms with E-state index in [2.05, 4.69) is 36.1 Å². The smallest absolute Gasteiger partial charge is 0.292 e. The second-order valence-electron chi connectivity index (χ2n) is 11.4. The number of para-hydroxylation sites is 2. The number of benzene rings is 3. The summed E-state index contributed by atoms with van der Waals surface area (Å²) in [5.74, 6) is 0.423. The zero-order chi connectivity index (χ0) is 31.8. The summed E-state index contributed by atoms with van der Waals surface area (Å²) in [7, 11) is 1.14. The van der Waals surface area contributed by atoms with Crippen LogP contribution in [0.1, 0.15) is 36.7 Å². The molecule has 234 valence electrons. The minimum atomic E-state index is -3.86. The lowest BCUT2D eigenvalue weighted by Crippen LogP contribution is -2.40. The zero-order valence-corrected chi connectivity index (χ0v) is 26.6. The molecule has 5 rings (SSSR count). The molecule has 2 aliphatic heterocycles. The summed E-state index contributed by atoms with van der Waals surface area (Å²) < 4.78 is 33.6. The van der Waals surface area contributed by atoms with Gasteiger partial charge in [0.15, 0.2) is 11.5 Å². The first-order valence-electron chi connectivity index (χ1n) is 14.3. The molecule has 0 bridgehead atoms. The Morgan fingerprint density at radius 3 is 2.39 bits per heavy atom. The highest BCUT2D eigenvalue weighted by atomic mass is 31.2. The van der Waals surface area contributed by atoms with Crippen molar-refractivity contribution in [2.75, 3.05) is 62.9 Å². The van der Waals surface area contributed by atoms with Crippen molar-refractivity contribution in [3.05, 3.63) is 75.8 Å². The maximum Gasteiger partial charge on any atom is 0.292 e. The number of fused-ring (bicyclic) bond motifs is 1. The van der Waals surface area contributed by atoms with Crippen LogP contribution in [0.2, 0.25) is 0 Å². The van der Waals surface area contributed by atoms with E-state index in [-0.39, 0.29) is 22.8 Å². The largest absolute Gasteiger partial charge is 0.493 e. The molecule has 13 heteroatoms. The Morgan fingerprint density at radius 1 is 1.05 bits per heavy atom. The molecule has 2 unspecified atom stereocenters. The summed E-state index contributed by atoms with van der Waals surface area (Å²) in [5.41, 5.74) is 2.10. The van der Waals surface area contributed by atoms with E-state index in [9.17, 15) is 14.9 Å². The number of likely N-dealkylation sites (N-methyl/N-ethyl adjacent to an activating group) is 1. The van der Waals surface area contributed by atoms with Crippen molar-refractivity contribution < 1.29 is 28.5 Å². The van der Waals surface area contributed by atoms with Crippen LogP contribution < -0.4 is 30.1 Å². The number of carbonyl (C=O) groups excluding carboxylic acids is 1. The van der Waals surface area contributed by atoms with Gasteiger partial charge >= 0.3 is 0 Å². The van der Waals surface area contributed by atoms with Gasteiger partial charge < -0.3 is 29.5 Å². The van der Waals surface area contributed by atoms with Crippen LogP contribution in [0.4, 0.5) is 22.7 Å². The van der Waals surface area contributed by atoms with Gasteiger partial charge in [0.05, 0.1) is 43.3 Å². The van der Waals surface area contributed by atoms with Gasteiger partial charge in [-0.2, -0.15) is 0 Å². The van der Waals surface area contributed by atoms with E-state index in [0.717, 1.165) is 11.3 Å². The van der Waals surface area contributed by atoms with Crippen LogP contribution >= 0.6 is 7.44 Å². The Kier molecular flexibility index (Phi) is 8.62. The molecule has 0 aliphatic carbocycles. The van der Waals surface area contributed by atoms with Gasteiger partial charge in [0.25, 0.3) is 19.0 Å². The van der Waals surface area contributed by atoms with E-state index >= 15 is 4.57 Å². The molecular weight excluding hydrogens is 585 g/mol. The number of amides is 1. The number of hydrogen-bond acceptors (Lipinski definition) is 8. The maximum atomic E-state index is 15.5. The van der Waals surface area contributed by atoms with Crippen LogP contribution in [-0.4, -0.2) is 69.1 Å². The van der Waals surface area contributed by atoms with E-state index in [0.29, 0.717) is 54.4 Å².